The largest absolute Gasteiger partial charge is 0.328 e. The van der Waals surface area contributed by atoms with Crippen LogP contribution in [-0.4, -0.2) is 35.6 Å². The number of rotatable bonds is 4. The molecule has 4 aromatic rings. The van der Waals surface area contributed by atoms with Crippen LogP contribution in [0.3, 0.4) is 0 Å². The van der Waals surface area contributed by atoms with Gasteiger partial charge in [-0.05, 0) is 37.3 Å². The smallest absolute Gasteiger partial charge is 0.159 e. The maximum Gasteiger partial charge on any atom is 0.159 e. The van der Waals surface area contributed by atoms with Crippen LogP contribution in [0.5, 0.6) is 0 Å². The van der Waals surface area contributed by atoms with Crippen molar-refractivity contribution >= 4 is 0 Å². The van der Waals surface area contributed by atoms with E-state index in [9.17, 15) is 0 Å². The van der Waals surface area contributed by atoms with E-state index < -0.39 is 0 Å². The lowest BCUT2D eigenvalue weighted by Gasteiger charge is -2.26. The van der Waals surface area contributed by atoms with E-state index in [4.69, 9.17) is 5.73 Å². The van der Waals surface area contributed by atoms with Gasteiger partial charge in [0, 0.05) is 60.1 Å². The van der Waals surface area contributed by atoms with Gasteiger partial charge in [0.15, 0.2) is 5.82 Å². The molecule has 2 atom stereocenters. The molecule has 3 aromatic heterocycles. The van der Waals surface area contributed by atoms with Crippen molar-refractivity contribution in [2.24, 2.45) is 12.8 Å². The summed E-state index contributed by atoms with van der Waals surface area (Å²) in [6, 6.07) is 8.88. The predicted molar refractivity (Wildman–Crippen MR) is 116 cm³/mol. The minimum absolute atomic E-state index is 0.279. The van der Waals surface area contributed by atoms with Crippen LogP contribution in [0.25, 0.3) is 33.6 Å². The first-order valence-electron chi connectivity index (χ1n) is 10.4. The lowest BCUT2D eigenvalue weighted by Crippen LogP contribution is -2.29. The molecule has 0 saturated heterocycles. The first kappa shape index (κ1) is 18.7. The van der Waals surface area contributed by atoms with E-state index in [1.807, 2.05) is 50.2 Å². The molecule has 1 fully saturated rings. The standard InChI is InChI=1S/C23H25N7/c1-29-14-19(12-27-29)16-4-2-5-17(8-16)23-25-10-18(11-26-23)20-13-28-30(15-20)22-7-3-6-21(24)9-22/h2,4-5,8,10-15,21-22H,3,6-7,9,24H2,1H3/t21-,22+/m1/s1. The maximum atomic E-state index is 6.14. The van der Waals surface area contributed by atoms with Crippen molar-refractivity contribution in [3.63, 3.8) is 0 Å². The minimum Gasteiger partial charge on any atom is -0.328 e. The molecule has 0 bridgehead atoms. The van der Waals surface area contributed by atoms with E-state index in [1.165, 1.54) is 0 Å². The van der Waals surface area contributed by atoms with Crippen LogP contribution in [0.15, 0.2) is 61.4 Å². The van der Waals surface area contributed by atoms with Crippen molar-refractivity contribution in [1.29, 1.82) is 0 Å². The third-order valence-corrected chi connectivity index (χ3v) is 5.81. The summed E-state index contributed by atoms with van der Waals surface area (Å²) in [5.74, 6) is 0.704. The average molecular weight is 400 g/mol. The lowest BCUT2D eigenvalue weighted by atomic mass is 9.92. The van der Waals surface area contributed by atoms with Gasteiger partial charge in [-0.3, -0.25) is 9.36 Å². The second kappa shape index (κ2) is 7.84. The Balaban J connectivity index is 1.36. The Morgan fingerprint density at radius 3 is 2.40 bits per heavy atom. The van der Waals surface area contributed by atoms with Crippen LogP contribution >= 0.6 is 0 Å². The van der Waals surface area contributed by atoms with E-state index in [-0.39, 0.29) is 6.04 Å². The monoisotopic (exact) mass is 399 g/mol. The van der Waals surface area contributed by atoms with Crippen molar-refractivity contribution in [3.05, 3.63) is 61.4 Å². The van der Waals surface area contributed by atoms with Gasteiger partial charge in [0.2, 0.25) is 0 Å². The Hall–Kier alpha value is -3.32. The quantitative estimate of drug-likeness (QED) is 0.563. The Morgan fingerprint density at radius 1 is 0.867 bits per heavy atom. The summed E-state index contributed by atoms with van der Waals surface area (Å²) in [5, 5.41) is 8.83. The van der Waals surface area contributed by atoms with Gasteiger partial charge in [-0.2, -0.15) is 10.2 Å². The van der Waals surface area contributed by atoms with Gasteiger partial charge in [-0.1, -0.05) is 18.2 Å². The molecule has 7 heteroatoms. The van der Waals surface area contributed by atoms with Crippen molar-refractivity contribution in [3.8, 4) is 33.6 Å². The number of aromatic nitrogens is 6. The maximum absolute atomic E-state index is 6.14. The number of hydrogen-bond donors (Lipinski definition) is 1. The zero-order chi connectivity index (χ0) is 20.5. The summed E-state index contributed by atoms with van der Waals surface area (Å²) in [7, 11) is 1.92. The van der Waals surface area contributed by atoms with E-state index in [0.29, 0.717) is 11.9 Å². The summed E-state index contributed by atoms with van der Waals surface area (Å²) >= 11 is 0. The summed E-state index contributed by atoms with van der Waals surface area (Å²) < 4.78 is 3.86. The van der Waals surface area contributed by atoms with Crippen LogP contribution in [-0.2, 0) is 7.05 Å². The highest BCUT2D eigenvalue weighted by atomic mass is 15.3. The number of hydrogen-bond acceptors (Lipinski definition) is 5. The van der Waals surface area contributed by atoms with Crippen molar-refractivity contribution < 1.29 is 0 Å². The number of aryl methyl sites for hydroxylation is 1. The molecule has 1 aliphatic carbocycles. The highest BCUT2D eigenvalue weighted by molar-refractivity contribution is 5.70. The fraction of sp³-hybridized carbons (Fsp3) is 0.304. The molecule has 3 heterocycles. The molecule has 1 aliphatic rings. The minimum atomic E-state index is 0.279. The average Bonchev–Trinajstić information content (AvgIpc) is 3.44. The summed E-state index contributed by atoms with van der Waals surface area (Å²) in [4.78, 5) is 9.22. The van der Waals surface area contributed by atoms with Gasteiger partial charge in [0.05, 0.1) is 18.4 Å². The summed E-state index contributed by atoms with van der Waals surface area (Å²) in [6.07, 6.45) is 16.0. The second-order valence-electron chi connectivity index (χ2n) is 8.07. The second-order valence-corrected chi connectivity index (χ2v) is 8.07. The molecule has 0 unspecified atom stereocenters. The summed E-state index contributed by atoms with van der Waals surface area (Å²) in [6.45, 7) is 0. The number of benzene rings is 1. The molecule has 1 aromatic carbocycles. The molecule has 5 rings (SSSR count). The number of nitrogens with zero attached hydrogens (tertiary/aromatic N) is 6. The lowest BCUT2D eigenvalue weighted by molar-refractivity contribution is 0.300. The van der Waals surface area contributed by atoms with E-state index in [0.717, 1.165) is 53.5 Å². The summed E-state index contributed by atoms with van der Waals surface area (Å²) in [5.41, 5.74) is 11.3. The molecular formula is C23H25N7. The van der Waals surface area contributed by atoms with Gasteiger partial charge < -0.3 is 5.73 Å². The Morgan fingerprint density at radius 2 is 1.63 bits per heavy atom. The van der Waals surface area contributed by atoms with Crippen molar-refractivity contribution in [1.82, 2.24) is 29.5 Å². The highest BCUT2D eigenvalue weighted by Crippen LogP contribution is 2.29. The fourth-order valence-electron chi connectivity index (χ4n) is 4.16. The Labute approximate surface area is 175 Å². The zero-order valence-electron chi connectivity index (χ0n) is 17.0. The Bertz CT molecular complexity index is 1140. The topological polar surface area (TPSA) is 87.4 Å². The zero-order valence-corrected chi connectivity index (χ0v) is 17.0. The fourth-order valence-corrected chi connectivity index (χ4v) is 4.16. The molecule has 2 N–H and O–H groups in total. The van der Waals surface area contributed by atoms with Gasteiger partial charge in [-0.15, -0.1) is 0 Å². The van der Waals surface area contributed by atoms with Gasteiger partial charge in [0.1, 0.15) is 0 Å². The van der Waals surface area contributed by atoms with Gasteiger partial charge in [-0.25, -0.2) is 9.97 Å². The van der Waals surface area contributed by atoms with Crippen molar-refractivity contribution in [2.75, 3.05) is 0 Å². The van der Waals surface area contributed by atoms with Crippen LogP contribution < -0.4 is 5.73 Å². The highest BCUT2D eigenvalue weighted by Gasteiger charge is 2.21. The third kappa shape index (κ3) is 3.76. The van der Waals surface area contributed by atoms with E-state index >= 15 is 0 Å². The molecule has 30 heavy (non-hydrogen) atoms. The van der Waals surface area contributed by atoms with Crippen LogP contribution in [0.4, 0.5) is 0 Å². The molecule has 152 valence electrons. The van der Waals surface area contributed by atoms with Crippen LogP contribution in [0, 0.1) is 0 Å². The van der Waals surface area contributed by atoms with E-state index in [1.54, 1.807) is 4.68 Å². The molecule has 0 aliphatic heterocycles. The molecule has 7 nitrogen and oxygen atoms in total. The third-order valence-electron chi connectivity index (χ3n) is 5.81. The van der Waals surface area contributed by atoms with Crippen LogP contribution in [0.2, 0.25) is 0 Å². The van der Waals surface area contributed by atoms with E-state index in [2.05, 4.69) is 43.2 Å². The molecule has 0 spiro atoms. The van der Waals surface area contributed by atoms with Gasteiger partial charge >= 0.3 is 0 Å². The molecule has 0 radical (unpaired) electrons. The first-order valence-corrected chi connectivity index (χ1v) is 10.4. The van der Waals surface area contributed by atoms with Crippen LogP contribution in [0.1, 0.15) is 31.7 Å². The SMILES string of the molecule is Cn1cc(-c2cccc(-c3ncc(-c4cnn([C@H]5CCC[C@@H](N)C5)c4)cn3)c2)cn1. The van der Waals surface area contributed by atoms with Gasteiger partial charge in [0.25, 0.3) is 0 Å². The number of nitrogens with two attached hydrogens (primary N) is 1. The molecule has 1 saturated carbocycles. The molecular weight excluding hydrogens is 374 g/mol. The molecule has 0 amide bonds. The predicted octanol–water partition coefficient (Wildman–Crippen LogP) is 3.85. The Kier molecular flexibility index (Phi) is 4.88. The van der Waals surface area contributed by atoms with Crippen molar-refractivity contribution in [2.45, 2.75) is 37.8 Å². The normalized spacial score (nSPS) is 19.1. The first-order chi connectivity index (χ1) is 14.7.